The molecule has 1 aromatic heterocycles. The average Bonchev–Trinajstić information content (AvgIpc) is 2.71. The number of hydrogen-bond acceptors (Lipinski definition) is 5. The second-order valence-corrected chi connectivity index (χ2v) is 4.54. The minimum atomic E-state index is -4.33. The topological polar surface area (TPSA) is 68.4 Å². The Morgan fingerprint density at radius 1 is 1.37 bits per heavy atom. The molecule has 110 valence electrons. The summed E-state index contributed by atoms with van der Waals surface area (Å²) < 4.78 is 44.7. The maximum Gasteiger partial charge on any atom is 0.411 e. The fourth-order valence-electron chi connectivity index (χ4n) is 1.24. The van der Waals surface area contributed by atoms with E-state index in [0.29, 0.717) is 0 Å². The van der Waals surface area contributed by atoms with Crippen molar-refractivity contribution >= 4 is 0 Å². The third kappa shape index (κ3) is 6.53. The van der Waals surface area contributed by atoms with E-state index in [9.17, 15) is 18.3 Å². The summed E-state index contributed by atoms with van der Waals surface area (Å²) in [6.07, 6.45) is -4.55. The molecule has 1 atom stereocenters. The largest absolute Gasteiger partial charge is 0.411 e. The maximum atomic E-state index is 11.8. The van der Waals surface area contributed by atoms with Crippen molar-refractivity contribution in [2.75, 3.05) is 13.2 Å². The highest BCUT2D eigenvalue weighted by Gasteiger charge is 2.27. The van der Waals surface area contributed by atoms with Crippen LogP contribution >= 0.6 is 0 Å². The highest BCUT2D eigenvalue weighted by Crippen LogP contribution is 2.14. The standard InChI is InChI=1S/C11H17F3N2O3/c1-7(2)8(17)5-10-15-9(16-19-10)3-4-18-6-11(12,13)14/h7-8,17H,3-6H2,1-2H3. The van der Waals surface area contributed by atoms with Crippen LogP contribution in [0.15, 0.2) is 4.52 Å². The number of aliphatic hydroxyl groups excluding tert-OH is 1. The van der Waals surface area contributed by atoms with Crippen LogP contribution in [-0.2, 0) is 17.6 Å². The summed E-state index contributed by atoms with van der Waals surface area (Å²) in [5.41, 5.74) is 0. The van der Waals surface area contributed by atoms with Crippen molar-refractivity contribution in [3.05, 3.63) is 11.7 Å². The van der Waals surface area contributed by atoms with E-state index in [2.05, 4.69) is 14.9 Å². The van der Waals surface area contributed by atoms with E-state index in [-0.39, 0.29) is 37.1 Å². The first-order valence-corrected chi connectivity index (χ1v) is 5.92. The van der Waals surface area contributed by atoms with E-state index in [1.807, 2.05) is 13.8 Å². The lowest BCUT2D eigenvalue weighted by Crippen LogP contribution is -2.18. The van der Waals surface area contributed by atoms with Crippen LogP contribution in [-0.4, -0.2) is 40.7 Å². The molecule has 0 aromatic carbocycles. The number of alkyl halides is 3. The van der Waals surface area contributed by atoms with Gasteiger partial charge in [-0.15, -0.1) is 0 Å². The van der Waals surface area contributed by atoms with Crippen molar-refractivity contribution < 1.29 is 27.5 Å². The summed E-state index contributed by atoms with van der Waals surface area (Å²) in [5, 5.41) is 13.2. The third-order valence-electron chi connectivity index (χ3n) is 2.40. The van der Waals surface area contributed by atoms with Crippen molar-refractivity contribution in [2.24, 2.45) is 5.92 Å². The van der Waals surface area contributed by atoms with Crippen LogP contribution in [0.1, 0.15) is 25.6 Å². The van der Waals surface area contributed by atoms with Crippen LogP contribution in [0.2, 0.25) is 0 Å². The third-order valence-corrected chi connectivity index (χ3v) is 2.40. The quantitative estimate of drug-likeness (QED) is 0.772. The normalized spacial score (nSPS) is 14.1. The SMILES string of the molecule is CC(C)C(O)Cc1nc(CCOCC(F)(F)F)no1. The Morgan fingerprint density at radius 3 is 2.63 bits per heavy atom. The van der Waals surface area contributed by atoms with Crippen molar-refractivity contribution in [3.8, 4) is 0 Å². The minimum Gasteiger partial charge on any atom is -0.392 e. The molecule has 0 aliphatic carbocycles. The fraction of sp³-hybridized carbons (Fsp3) is 0.818. The van der Waals surface area contributed by atoms with Crippen LogP contribution in [0.4, 0.5) is 13.2 Å². The molecule has 1 aromatic rings. The van der Waals surface area contributed by atoms with Gasteiger partial charge in [0, 0.05) is 6.42 Å². The van der Waals surface area contributed by atoms with Gasteiger partial charge in [-0.3, -0.25) is 0 Å². The molecular weight excluding hydrogens is 265 g/mol. The van der Waals surface area contributed by atoms with Gasteiger partial charge in [0.15, 0.2) is 5.82 Å². The Bertz CT molecular complexity index is 380. The summed E-state index contributed by atoms with van der Waals surface area (Å²) in [5.74, 6) is 0.602. The molecule has 0 aliphatic rings. The van der Waals surface area contributed by atoms with Gasteiger partial charge >= 0.3 is 6.18 Å². The number of aromatic nitrogens is 2. The zero-order chi connectivity index (χ0) is 14.5. The molecule has 1 rings (SSSR count). The number of halogens is 3. The molecular formula is C11H17F3N2O3. The van der Waals surface area contributed by atoms with Crippen molar-refractivity contribution in [1.82, 2.24) is 10.1 Å². The molecule has 1 heterocycles. The summed E-state index contributed by atoms with van der Waals surface area (Å²) in [7, 11) is 0. The van der Waals surface area contributed by atoms with Gasteiger partial charge in [-0.05, 0) is 5.92 Å². The van der Waals surface area contributed by atoms with Gasteiger partial charge in [0.25, 0.3) is 0 Å². The lowest BCUT2D eigenvalue weighted by molar-refractivity contribution is -0.173. The predicted octanol–water partition coefficient (Wildman–Crippen LogP) is 1.75. The van der Waals surface area contributed by atoms with E-state index in [0.717, 1.165) is 0 Å². The van der Waals surface area contributed by atoms with Crippen LogP contribution in [0.5, 0.6) is 0 Å². The molecule has 0 bridgehead atoms. The Kier molecular flexibility index (Phi) is 5.74. The zero-order valence-corrected chi connectivity index (χ0v) is 10.8. The van der Waals surface area contributed by atoms with Crippen LogP contribution in [0.25, 0.3) is 0 Å². The van der Waals surface area contributed by atoms with E-state index in [1.165, 1.54) is 0 Å². The monoisotopic (exact) mass is 282 g/mol. The van der Waals surface area contributed by atoms with Crippen molar-refractivity contribution in [3.63, 3.8) is 0 Å². The second kappa shape index (κ2) is 6.85. The lowest BCUT2D eigenvalue weighted by Gasteiger charge is -2.10. The average molecular weight is 282 g/mol. The van der Waals surface area contributed by atoms with Gasteiger partial charge in [-0.25, -0.2) is 0 Å². The van der Waals surface area contributed by atoms with E-state index in [4.69, 9.17) is 4.52 Å². The van der Waals surface area contributed by atoms with E-state index < -0.39 is 18.9 Å². The molecule has 19 heavy (non-hydrogen) atoms. The smallest absolute Gasteiger partial charge is 0.392 e. The molecule has 1 unspecified atom stereocenters. The molecule has 0 saturated heterocycles. The van der Waals surface area contributed by atoms with Gasteiger partial charge in [0.1, 0.15) is 6.61 Å². The summed E-state index contributed by atoms with van der Waals surface area (Å²) in [6.45, 7) is 2.29. The maximum absolute atomic E-state index is 11.8. The van der Waals surface area contributed by atoms with Gasteiger partial charge in [0.2, 0.25) is 5.89 Å². The second-order valence-electron chi connectivity index (χ2n) is 4.54. The minimum absolute atomic E-state index is 0.0606. The Morgan fingerprint density at radius 2 is 2.05 bits per heavy atom. The number of aliphatic hydroxyl groups is 1. The molecule has 0 saturated carbocycles. The van der Waals surface area contributed by atoms with Crippen LogP contribution < -0.4 is 0 Å². The van der Waals surface area contributed by atoms with Crippen molar-refractivity contribution in [1.29, 1.82) is 0 Å². The highest BCUT2D eigenvalue weighted by molar-refractivity contribution is 4.88. The Hall–Kier alpha value is -1.15. The zero-order valence-electron chi connectivity index (χ0n) is 10.8. The molecule has 0 radical (unpaired) electrons. The van der Waals surface area contributed by atoms with Crippen LogP contribution in [0.3, 0.4) is 0 Å². The predicted molar refractivity (Wildman–Crippen MR) is 59.4 cm³/mol. The van der Waals surface area contributed by atoms with Crippen molar-refractivity contribution in [2.45, 2.75) is 39.0 Å². The first-order valence-electron chi connectivity index (χ1n) is 5.92. The summed E-state index contributed by atoms with van der Waals surface area (Å²) in [4.78, 5) is 3.97. The van der Waals surface area contributed by atoms with Crippen LogP contribution in [0, 0.1) is 5.92 Å². The number of nitrogens with zero attached hydrogens (tertiary/aromatic N) is 2. The number of rotatable bonds is 7. The molecule has 0 amide bonds. The molecule has 5 nitrogen and oxygen atoms in total. The van der Waals surface area contributed by atoms with Gasteiger partial charge in [-0.2, -0.15) is 18.2 Å². The van der Waals surface area contributed by atoms with E-state index in [1.54, 1.807) is 0 Å². The molecule has 0 spiro atoms. The number of hydrogen-bond donors (Lipinski definition) is 1. The van der Waals surface area contributed by atoms with Gasteiger partial charge < -0.3 is 14.4 Å². The first-order chi connectivity index (χ1) is 8.78. The Labute approximate surface area is 108 Å². The number of ether oxygens (including phenoxy) is 1. The molecule has 1 N–H and O–H groups in total. The van der Waals surface area contributed by atoms with E-state index >= 15 is 0 Å². The molecule has 0 fully saturated rings. The summed E-state index contributed by atoms with van der Waals surface area (Å²) >= 11 is 0. The first kappa shape index (κ1) is 15.9. The summed E-state index contributed by atoms with van der Waals surface area (Å²) in [6, 6.07) is 0. The fourth-order valence-corrected chi connectivity index (χ4v) is 1.24. The Balaban J connectivity index is 2.31. The van der Waals surface area contributed by atoms with Gasteiger partial charge in [-0.1, -0.05) is 19.0 Å². The highest BCUT2D eigenvalue weighted by atomic mass is 19.4. The molecule has 0 aliphatic heterocycles. The lowest BCUT2D eigenvalue weighted by atomic mass is 10.0. The van der Waals surface area contributed by atoms with Gasteiger partial charge in [0.05, 0.1) is 19.1 Å². The molecule has 8 heteroatoms.